The molecule has 2 aromatic rings. The molecule has 1 fully saturated rings. The van der Waals surface area contributed by atoms with E-state index in [0.717, 1.165) is 19.3 Å². The summed E-state index contributed by atoms with van der Waals surface area (Å²) in [5.41, 5.74) is 0.858. The Morgan fingerprint density at radius 1 is 0.935 bits per heavy atom. The number of ether oxygens (including phenoxy) is 2. The fraction of sp³-hybridized carbons (Fsp3) is 0.423. The second kappa shape index (κ2) is 10.4. The fourth-order valence-electron chi connectivity index (χ4n) is 4.26. The summed E-state index contributed by atoms with van der Waals surface area (Å²) in [4.78, 5) is 37.8. The minimum atomic E-state index is -0.714. The highest BCUT2D eigenvalue weighted by Crippen LogP contribution is 2.35. The number of benzene rings is 2. The molecule has 0 spiro atoms. The maximum absolute atomic E-state index is 12.8. The number of rotatable bonds is 7. The molecule has 0 bridgehead atoms. The zero-order valence-electron chi connectivity index (χ0n) is 18.4. The smallest absolute Gasteiger partial charge is 0.344 e. The molecule has 0 radical (unpaired) electrons. The summed E-state index contributed by atoms with van der Waals surface area (Å²) >= 11 is 0. The van der Waals surface area contributed by atoms with Crippen molar-refractivity contribution >= 4 is 17.7 Å². The van der Waals surface area contributed by atoms with Gasteiger partial charge in [-0.05, 0) is 36.7 Å². The molecule has 5 heteroatoms. The zero-order valence-corrected chi connectivity index (χ0v) is 18.4. The summed E-state index contributed by atoms with van der Waals surface area (Å²) in [6.45, 7) is 5.98. The lowest BCUT2D eigenvalue weighted by Crippen LogP contribution is -2.36. The van der Waals surface area contributed by atoms with Crippen molar-refractivity contribution in [3.63, 3.8) is 0 Å². The van der Waals surface area contributed by atoms with Gasteiger partial charge in [-0.15, -0.1) is 0 Å². The second-order valence-corrected chi connectivity index (χ2v) is 8.67. The SMILES string of the molecule is CC(C)[C@H]1CC[C@@H](C)C[C@@H]1OC(=O)COC(=O)c1ccccc1C(=O)c1ccccc1. The Kier molecular flexibility index (Phi) is 7.61. The van der Waals surface area contributed by atoms with Gasteiger partial charge in [0.1, 0.15) is 6.10 Å². The summed E-state index contributed by atoms with van der Waals surface area (Å²) in [5, 5.41) is 0. The maximum atomic E-state index is 12.8. The molecule has 3 atom stereocenters. The fourth-order valence-corrected chi connectivity index (χ4v) is 4.26. The van der Waals surface area contributed by atoms with Crippen LogP contribution in [0.2, 0.25) is 0 Å². The molecule has 1 aliphatic rings. The van der Waals surface area contributed by atoms with E-state index in [2.05, 4.69) is 20.8 Å². The highest BCUT2D eigenvalue weighted by molar-refractivity contribution is 6.14. The molecule has 0 heterocycles. The van der Waals surface area contributed by atoms with Crippen molar-refractivity contribution in [1.29, 1.82) is 0 Å². The molecule has 1 aliphatic carbocycles. The van der Waals surface area contributed by atoms with E-state index in [0.29, 0.717) is 23.3 Å². The van der Waals surface area contributed by atoms with Crippen LogP contribution in [0.3, 0.4) is 0 Å². The molecule has 0 aromatic heterocycles. The largest absolute Gasteiger partial charge is 0.460 e. The van der Waals surface area contributed by atoms with Crippen LogP contribution in [0.25, 0.3) is 0 Å². The minimum Gasteiger partial charge on any atom is -0.460 e. The molecule has 164 valence electrons. The van der Waals surface area contributed by atoms with E-state index in [1.807, 2.05) is 6.07 Å². The predicted octanol–water partition coefficient (Wildman–Crippen LogP) is 5.08. The number of hydrogen-bond donors (Lipinski definition) is 0. The van der Waals surface area contributed by atoms with Crippen molar-refractivity contribution in [2.45, 2.75) is 46.1 Å². The lowest BCUT2D eigenvalue weighted by Gasteiger charge is -2.36. The third kappa shape index (κ3) is 5.81. The van der Waals surface area contributed by atoms with Gasteiger partial charge in [0.05, 0.1) is 5.56 Å². The molecule has 5 nitrogen and oxygen atoms in total. The van der Waals surface area contributed by atoms with Crippen LogP contribution in [0.15, 0.2) is 54.6 Å². The highest BCUT2D eigenvalue weighted by atomic mass is 16.6. The quantitative estimate of drug-likeness (QED) is 0.460. The van der Waals surface area contributed by atoms with Crippen LogP contribution in [-0.2, 0) is 14.3 Å². The topological polar surface area (TPSA) is 69.7 Å². The summed E-state index contributed by atoms with van der Waals surface area (Å²) < 4.78 is 10.9. The van der Waals surface area contributed by atoms with E-state index in [-0.39, 0.29) is 23.0 Å². The van der Waals surface area contributed by atoms with Crippen LogP contribution in [0.4, 0.5) is 0 Å². The first-order chi connectivity index (χ1) is 14.9. The normalized spacial score (nSPS) is 20.8. The molecule has 1 saturated carbocycles. The monoisotopic (exact) mass is 422 g/mol. The third-order valence-electron chi connectivity index (χ3n) is 5.99. The van der Waals surface area contributed by atoms with E-state index in [9.17, 15) is 14.4 Å². The number of carbonyl (C=O) groups excluding carboxylic acids is 3. The molecular weight excluding hydrogens is 392 g/mol. The van der Waals surface area contributed by atoms with E-state index in [1.165, 1.54) is 6.07 Å². The minimum absolute atomic E-state index is 0.135. The molecule has 0 amide bonds. The summed E-state index contributed by atoms with van der Waals surface area (Å²) in [6, 6.07) is 15.2. The van der Waals surface area contributed by atoms with Crippen LogP contribution in [0.1, 0.15) is 66.3 Å². The Labute approximate surface area is 183 Å². The van der Waals surface area contributed by atoms with Gasteiger partial charge in [-0.3, -0.25) is 4.79 Å². The van der Waals surface area contributed by atoms with Gasteiger partial charge in [-0.2, -0.15) is 0 Å². The van der Waals surface area contributed by atoms with Crippen molar-refractivity contribution in [2.75, 3.05) is 6.61 Å². The molecule has 2 aromatic carbocycles. The Bertz CT molecular complexity index is 918. The maximum Gasteiger partial charge on any atom is 0.344 e. The molecule has 0 unspecified atom stereocenters. The number of carbonyl (C=O) groups is 3. The van der Waals surface area contributed by atoms with Crippen molar-refractivity contribution in [3.8, 4) is 0 Å². The molecule has 0 saturated heterocycles. The average Bonchev–Trinajstić information content (AvgIpc) is 2.77. The van der Waals surface area contributed by atoms with Gasteiger partial charge < -0.3 is 9.47 Å². The van der Waals surface area contributed by atoms with Crippen LogP contribution < -0.4 is 0 Å². The van der Waals surface area contributed by atoms with Crippen molar-refractivity contribution in [1.82, 2.24) is 0 Å². The third-order valence-corrected chi connectivity index (χ3v) is 5.99. The summed E-state index contributed by atoms with van der Waals surface area (Å²) in [6.07, 6.45) is 2.85. The van der Waals surface area contributed by atoms with Crippen molar-refractivity contribution in [3.05, 3.63) is 71.3 Å². The van der Waals surface area contributed by atoms with E-state index in [4.69, 9.17) is 9.47 Å². The molecule has 0 aliphatic heterocycles. The van der Waals surface area contributed by atoms with Crippen molar-refractivity contribution in [2.24, 2.45) is 17.8 Å². The van der Waals surface area contributed by atoms with Crippen molar-refractivity contribution < 1.29 is 23.9 Å². The molecule has 31 heavy (non-hydrogen) atoms. The van der Waals surface area contributed by atoms with Gasteiger partial charge in [0.15, 0.2) is 12.4 Å². The van der Waals surface area contributed by atoms with E-state index >= 15 is 0 Å². The second-order valence-electron chi connectivity index (χ2n) is 8.67. The first-order valence-electron chi connectivity index (χ1n) is 10.9. The zero-order chi connectivity index (χ0) is 22.4. The van der Waals surface area contributed by atoms with Crippen LogP contribution in [-0.4, -0.2) is 30.4 Å². The standard InChI is InChI=1S/C26H30O5/c1-17(2)20-14-13-18(3)15-23(20)31-24(27)16-30-26(29)22-12-8-7-11-21(22)25(28)19-9-5-4-6-10-19/h4-12,17-18,20,23H,13-16H2,1-3H3/t18-,20-,23+/m1/s1. The van der Waals surface area contributed by atoms with Crippen LogP contribution in [0.5, 0.6) is 0 Å². The van der Waals surface area contributed by atoms with Crippen LogP contribution >= 0.6 is 0 Å². The molecule has 3 rings (SSSR count). The van der Waals surface area contributed by atoms with E-state index in [1.54, 1.807) is 42.5 Å². The Balaban J connectivity index is 1.63. The predicted molar refractivity (Wildman–Crippen MR) is 118 cm³/mol. The highest BCUT2D eigenvalue weighted by Gasteiger charge is 2.33. The first-order valence-corrected chi connectivity index (χ1v) is 10.9. The Morgan fingerprint density at radius 2 is 1.58 bits per heavy atom. The van der Waals surface area contributed by atoms with Gasteiger partial charge >= 0.3 is 11.9 Å². The Morgan fingerprint density at radius 3 is 2.26 bits per heavy atom. The van der Waals surface area contributed by atoms with E-state index < -0.39 is 18.5 Å². The average molecular weight is 423 g/mol. The lowest BCUT2D eigenvalue weighted by atomic mass is 9.75. The first kappa shape index (κ1) is 22.7. The lowest BCUT2D eigenvalue weighted by molar-refractivity contribution is -0.159. The van der Waals surface area contributed by atoms with Gasteiger partial charge in [-0.1, -0.05) is 75.7 Å². The Hall–Kier alpha value is -2.95. The van der Waals surface area contributed by atoms with Gasteiger partial charge in [0.2, 0.25) is 0 Å². The molecular formula is C26H30O5. The van der Waals surface area contributed by atoms with Gasteiger partial charge in [0, 0.05) is 11.1 Å². The molecule has 0 N–H and O–H groups in total. The number of hydrogen-bond acceptors (Lipinski definition) is 5. The van der Waals surface area contributed by atoms with Crippen LogP contribution in [0, 0.1) is 17.8 Å². The van der Waals surface area contributed by atoms with Gasteiger partial charge in [-0.25, -0.2) is 9.59 Å². The summed E-state index contributed by atoms with van der Waals surface area (Å²) in [7, 11) is 0. The number of esters is 2. The number of ketones is 1. The summed E-state index contributed by atoms with van der Waals surface area (Å²) in [5.74, 6) is -0.291. The van der Waals surface area contributed by atoms with Gasteiger partial charge in [0.25, 0.3) is 0 Å².